The van der Waals surface area contributed by atoms with Crippen LogP contribution in [0.4, 0.5) is 0 Å². The van der Waals surface area contributed by atoms with Crippen LogP contribution in [-0.4, -0.2) is 25.3 Å². The van der Waals surface area contributed by atoms with E-state index in [9.17, 15) is 9.59 Å². The number of carboxylic acid groups (broad SMARTS) is 1. The van der Waals surface area contributed by atoms with E-state index in [0.717, 1.165) is 0 Å². The lowest BCUT2D eigenvalue weighted by atomic mass is 10.3. The highest BCUT2D eigenvalue weighted by Crippen LogP contribution is 2.16. The molecule has 0 unspecified atom stereocenters. The van der Waals surface area contributed by atoms with Gasteiger partial charge in [0, 0.05) is 12.7 Å². The van der Waals surface area contributed by atoms with E-state index in [1.165, 1.54) is 15.2 Å². The van der Waals surface area contributed by atoms with Crippen LogP contribution < -0.4 is 5.56 Å². The topological polar surface area (TPSA) is 84.5 Å². The fraction of sp³-hybridized carbons (Fsp3) is 0.273. The molecule has 0 radical (unpaired) electrons. The number of aromatic nitrogens is 2. The molecule has 2 N–H and O–H groups in total. The molecular formula is C11H12N2O4. The van der Waals surface area contributed by atoms with Crippen molar-refractivity contribution >= 4 is 16.9 Å². The van der Waals surface area contributed by atoms with Gasteiger partial charge in [0.2, 0.25) is 0 Å². The van der Waals surface area contributed by atoms with Crippen molar-refractivity contribution in [3.8, 4) is 0 Å². The zero-order valence-electron chi connectivity index (χ0n) is 9.25. The Labute approximate surface area is 96.3 Å². The molecule has 0 saturated heterocycles. The zero-order chi connectivity index (χ0) is 12.6. The van der Waals surface area contributed by atoms with E-state index in [0.29, 0.717) is 17.4 Å². The summed E-state index contributed by atoms with van der Waals surface area (Å²) in [6.45, 7) is 1.87. The number of aromatic carboxylic acids is 1. The van der Waals surface area contributed by atoms with Crippen molar-refractivity contribution in [2.45, 2.75) is 20.2 Å². The van der Waals surface area contributed by atoms with Gasteiger partial charge in [-0.15, -0.1) is 0 Å². The average molecular weight is 236 g/mol. The summed E-state index contributed by atoms with van der Waals surface area (Å²) in [4.78, 5) is 22.9. The third-order valence-electron chi connectivity index (χ3n) is 2.74. The maximum atomic E-state index is 11.9. The van der Waals surface area contributed by atoms with Crippen molar-refractivity contribution in [1.82, 2.24) is 9.13 Å². The lowest BCUT2D eigenvalue weighted by Crippen LogP contribution is -2.18. The maximum absolute atomic E-state index is 11.9. The summed E-state index contributed by atoms with van der Waals surface area (Å²) in [5, 5.41) is 18.4. The van der Waals surface area contributed by atoms with Gasteiger partial charge in [-0.05, 0) is 19.1 Å². The Morgan fingerprint density at radius 3 is 2.71 bits per heavy atom. The van der Waals surface area contributed by atoms with Crippen LogP contribution in [0.15, 0.2) is 23.1 Å². The van der Waals surface area contributed by atoms with Crippen molar-refractivity contribution in [3.63, 3.8) is 0 Å². The van der Waals surface area contributed by atoms with Gasteiger partial charge in [-0.25, -0.2) is 4.79 Å². The summed E-state index contributed by atoms with van der Waals surface area (Å²) in [6.07, 6.45) is 1.59. The molecule has 90 valence electrons. The monoisotopic (exact) mass is 236 g/mol. The molecule has 2 rings (SSSR count). The van der Waals surface area contributed by atoms with Gasteiger partial charge >= 0.3 is 5.97 Å². The molecular weight excluding hydrogens is 224 g/mol. The van der Waals surface area contributed by atoms with Gasteiger partial charge in [-0.1, -0.05) is 0 Å². The van der Waals surface area contributed by atoms with Gasteiger partial charge in [0.25, 0.3) is 5.56 Å². The highest BCUT2D eigenvalue weighted by atomic mass is 16.4. The number of pyridine rings is 1. The van der Waals surface area contributed by atoms with Crippen LogP contribution in [-0.2, 0) is 13.3 Å². The number of carboxylic acids is 1. The van der Waals surface area contributed by atoms with Crippen molar-refractivity contribution in [1.29, 1.82) is 0 Å². The van der Waals surface area contributed by atoms with Gasteiger partial charge in [-0.3, -0.25) is 4.79 Å². The molecule has 2 aromatic heterocycles. The fourth-order valence-electron chi connectivity index (χ4n) is 1.88. The Morgan fingerprint density at radius 2 is 2.18 bits per heavy atom. The van der Waals surface area contributed by atoms with Crippen molar-refractivity contribution in [2.75, 3.05) is 0 Å². The highest BCUT2D eigenvalue weighted by Gasteiger charge is 2.16. The number of hydrogen-bond donors (Lipinski definition) is 2. The van der Waals surface area contributed by atoms with Crippen LogP contribution in [0, 0.1) is 0 Å². The Bertz CT molecular complexity index is 639. The molecule has 0 spiro atoms. The summed E-state index contributed by atoms with van der Waals surface area (Å²) in [7, 11) is 0. The van der Waals surface area contributed by atoms with Crippen LogP contribution in [0.2, 0.25) is 0 Å². The third-order valence-corrected chi connectivity index (χ3v) is 2.74. The molecule has 0 aliphatic carbocycles. The van der Waals surface area contributed by atoms with E-state index in [-0.39, 0.29) is 11.3 Å². The molecule has 0 saturated carbocycles. The number of carbonyl (C=O) groups is 1. The minimum Gasteiger partial charge on any atom is -0.477 e. The smallest absolute Gasteiger partial charge is 0.352 e. The van der Waals surface area contributed by atoms with Crippen LogP contribution in [0.3, 0.4) is 0 Å². The zero-order valence-corrected chi connectivity index (χ0v) is 9.25. The largest absolute Gasteiger partial charge is 0.477 e. The minimum absolute atomic E-state index is 0.0894. The van der Waals surface area contributed by atoms with E-state index in [2.05, 4.69) is 0 Å². The quantitative estimate of drug-likeness (QED) is 0.811. The predicted octanol–water partition coefficient (Wildman–Crippen LogP) is 0.471. The first-order valence-electron chi connectivity index (χ1n) is 5.17. The first-order chi connectivity index (χ1) is 8.10. The lowest BCUT2D eigenvalue weighted by Gasteiger charge is -2.04. The normalized spacial score (nSPS) is 10.9. The Balaban J connectivity index is 2.86. The first-order valence-corrected chi connectivity index (χ1v) is 5.17. The summed E-state index contributed by atoms with van der Waals surface area (Å²) in [5.74, 6) is -1.17. The predicted molar refractivity (Wildman–Crippen MR) is 61.1 cm³/mol. The Hall–Kier alpha value is -2.08. The van der Waals surface area contributed by atoms with E-state index < -0.39 is 12.7 Å². The molecule has 0 aromatic carbocycles. The molecule has 0 atom stereocenters. The number of fused-ring (bicyclic) bond motifs is 1. The van der Waals surface area contributed by atoms with Gasteiger partial charge in [0.1, 0.15) is 12.4 Å². The van der Waals surface area contributed by atoms with Gasteiger partial charge in [0.05, 0.1) is 10.9 Å². The summed E-state index contributed by atoms with van der Waals surface area (Å²) >= 11 is 0. The molecule has 17 heavy (non-hydrogen) atoms. The standard InChI is InChI=1S/C11H12N2O4/c1-2-12-4-3-8-7(10(12)15)5-9(11(16)17)13(8)6-14/h3-5,14H,2,6H2,1H3,(H,16,17). The summed E-state index contributed by atoms with van der Waals surface area (Å²) in [6, 6.07) is 2.92. The molecule has 0 aliphatic rings. The van der Waals surface area contributed by atoms with Crippen molar-refractivity contribution < 1.29 is 15.0 Å². The van der Waals surface area contributed by atoms with Crippen molar-refractivity contribution in [2.24, 2.45) is 0 Å². The maximum Gasteiger partial charge on any atom is 0.352 e. The van der Waals surface area contributed by atoms with E-state index in [1.54, 1.807) is 12.3 Å². The van der Waals surface area contributed by atoms with Crippen LogP contribution >= 0.6 is 0 Å². The molecule has 2 aromatic rings. The number of aryl methyl sites for hydroxylation is 1. The molecule has 0 fully saturated rings. The number of rotatable bonds is 3. The SMILES string of the molecule is CCn1ccc2c(cc(C(=O)O)n2CO)c1=O. The lowest BCUT2D eigenvalue weighted by molar-refractivity contribution is 0.0675. The number of hydrogen-bond acceptors (Lipinski definition) is 3. The first kappa shape index (κ1) is 11.4. The Kier molecular flexibility index (Phi) is 2.72. The number of aliphatic hydroxyl groups excluding tert-OH is 1. The summed E-state index contributed by atoms with van der Waals surface area (Å²) in [5.41, 5.74) is 0.0905. The molecule has 0 amide bonds. The minimum atomic E-state index is -1.17. The van der Waals surface area contributed by atoms with E-state index in [4.69, 9.17) is 10.2 Å². The van der Waals surface area contributed by atoms with Gasteiger partial charge < -0.3 is 19.3 Å². The van der Waals surface area contributed by atoms with Gasteiger partial charge in [0.15, 0.2) is 0 Å². The van der Waals surface area contributed by atoms with Crippen LogP contribution in [0.5, 0.6) is 0 Å². The summed E-state index contributed by atoms with van der Waals surface area (Å²) < 4.78 is 2.68. The van der Waals surface area contributed by atoms with Crippen molar-refractivity contribution in [3.05, 3.63) is 34.4 Å². The Morgan fingerprint density at radius 1 is 1.47 bits per heavy atom. The van der Waals surface area contributed by atoms with E-state index >= 15 is 0 Å². The van der Waals surface area contributed by atoms with E-state index in [1.807, 2.05) is 6.92 Å². The second-order valence-corrected chi connectivity index (χ2v) is 3.61. The fourth-order valence-corrected chi connectivity index (χ4v) is 1.88. The van der Waals surface area contributed by atoms with Crippen LogP contribution in [0.1, 0.15) is 17.4 Å². The molecule has 6 heteroatoms. The van der Waals surface area contributed by atoms with Gasteiger partial charge in [-0.2, -0.15) is 0 Å². The molecule has 0 aliphatic heterocycles. The third kappa shape index (κ3) is 1.62. The molecule has 2 heterocycles. The molecule has 6 nitrogen and oxygen atoms in total. The van der Waals surface area contributed by atoms with Crippen LogP contribution in [0.25, 0.3) is 10.9 Å². The second kappa shape index (κ2) is 4.06. The average Bonchev–Trinajstić information content (AvgIpc) is 2.69. The highest BCUT2D eigenvalue weighted by molar-refractivity contribution is 5.94. The number of aliphatic hydroxyl groups is 1. The second-order valence-electron chi connectivity index (χ2n) is 3.61. The number of nitrogens with zero attached hydrogens (tertiary/aromatic N) is 2. The molecule has 0 bridgehead atoms.